The molecule has 7 heteroatoms. The minimum Gasteiger partial charge on any atom is -0.380 e. The van der Waals surface area contributed by atoms with Gasteiger partial charge < -0.3 is 15.4 Å². The molecule has 0 aliphatic carbocycles. The summed E-state index contributed by atoms with van der Waals surface area (Å²) in [6.07, 6.45) is 2.91. The monoisotopic (exact) mass is 251 g/mol. The molecule has 0 aromatic carbocycles. The topological polar surface area (TPSA) is 91.3 Å². The molecule has 96 valence electrons. The SMILES string of the molecule is NC(=NOC(=O)N1CCOCC1)c1cc[nH+]cc1. The van der Waals surface area contributed by atoms with Gasteiger partial charge in [0.15, 0.2) is 18.2 Å². The number of ether oxygens (including phenoxy) is 1. The minimum atomic E-state index is -0.510. The van der Waals surface area contributed by atoms with Gasteiger partial charge in [0.25, 0.3) is 0 Å². The van der Waals surface area contributed by atoms with Crippen molar-refractivity contribution in [1.29, 1.82) is 0 Å². The van der Waals surface area contributed by atoms with Gasteiger partial charge in [0.05, 0.1) is 13.2 Å². The summed E-state index contributed by atoms with van der Waals surface area (Å²) in [6.45, 7) is 2.05. The number of amidine groups is 1. The fraction of sp³-hybridized carbons (Fsp3) is 0.364. The first kappa shape index (κ1) is 12.3. The Labute approximate surface area is 104 Å². The standard InChI is InChI=1S/C11H14N4O3/c12-10(9-1-3-13-4-2-9)14-18-11(16)15-5-7-17-8-6-15/h1-4H,5-8H2,(H2,12,14)/p+1. The maximum Gasteiger partial charge on any atom is 0.436 e. The number of H-pyrrole nitrogens is 1. The van der Waals surface area contributed by atoms with E-state index in [4.69, 9.17) is 15.3 Å². The van der Waals surface area contributed by atoms with Gasteiger partial charge in [-0.15, -0.1) is 0 Å². The van der Waals surface area contributed by atoms with Gasteiger partial charge >= 0.3 is 6.09 Å². The second-order valence-electron chi connectivity index (χ2n) is 3.72. The Morgan fingerprint density at radius 1 is 1.39 bits per heavy atom. The van der Waals surface area contributed by atoms with Gasteiger partial charge in [0, 0.05) is 30.8 Å². The van der Waals surface area contributed by atoms with Crippen LogP contribution in [0.4, 0.5) is 4.79 Å². The van der Waals surface area contributed by atoms with Crippen molar-refractivity contribution < 1.29 is 19.4 Å². The Morgan fingerprint density at radius 2 is 2.06 bits per heavy atom. The Balaban J connectivity index is 1.91. The highest BCUT2D eigenvalue weighted by Crippen LogP contribution is 2.01. The largest absolute Gasteiger partial charge is 0.436 e. The summed E-state index contributed by atoms with van der Waals surface area (Å²) in [6, 6.07) is 3.48. The Hall–Kier alpha value is -2.15. The number of carbonyl (C=O) groups is 1. The number of oxime groups is 1. The molecule has 1 aliphatic rings. The van der Waals surface area contributed by atoms with E-state index in [1.165, 1.54) is 4.90 Å². The van der Waals surface area contributed by atoms with Crippen molar-refractivity contribution in [1.82, 2.24) is 4.90 Å². The van der Waals surface area contributed by atoms with E-state index in [1.807, 2.05) is 0 Å². The average Bonchev–Trinajstić information content (AvgIpc) is 2.46. The molecule has 0 spiro atoms. The predicted molar refractivity (Wildman–Crippen MR) is 62.6 cm³/mol. The second kappa shape index (κ2) is 5.97. The summed E-state index contributed by atoms with van der Waals surface area (Å²) in [4.78, 5) is 20.8. The molecule has 0 bridgehead atoms. The molecular formula is C11H15N4O3+. The molecule has 7 nitrogen and oxygen atoms in total. The lowest BCUT2D eigenvalue weighted by atomic mass is 10.2. The number of nitrogens with two attached hydrogens (primary N) is 1. The van der Waals surface area contributed by atoms with Crippen LogP contribution in [0, 0.1) is 0 Å². The van der Waals surface area contributed by atoms with Gasteiger partial charge in [0.1, 0.15) is 0 Å². The summed E-state index contributed by atoms with van der Waals surface area (Å²) < 4.78 is 5.13. The molecule has 0 atom stereocenters. The zero-order chi connectivity index (χ0) is 12.8. The maximum atomic E-state index is 11.6. The third kappa shape index (κ3) is 3.17. The van der Waals surface area contributed by atoms with Crippen molar-refractivity contribution in [2.45, 2.75) is 0 Å². The van der Waals surface area contributed by atoms with Crippen LogP contribution in [0.3, 0.4) is 0 Å². The molecule has 1 fully saturated rings. The van der Waals surface area contributed by atoms with Crippen molar-refractivity contribution in [3.63, 3.8) is 0 Å². The molecule has 1 amide bonds. The van der Waals surface area contributed by atoms with E-state index >= 15 is 0 Å². The van der Waals surface area contributed by atoms with Gasteiger partial charge in [-0.2, -0.15) is 0 Å². The van der Waals surface area contributed by atoms with Crippen molar-refractivity contribution in [3.05, 3.63) is 30.1 Å². The third-order valence-corrected chi connectivity index (χ3v) is 2.51. The highest BCUT2D eigenvalue weighted by molar-refractivity contribution is 5.97. The van der Waals surface area contributed by atoms with E-state index in [-0.39, 0.29) is 5.84 Å². The highest BCUT2D eigenvalue weighted by atomic mass is 16.7. The van der Waals surface area contributed by atoms with E-state index in [1.54, 1.807) is 24.5 Å². The second-order valence-corrected chi connectivity index (χ2v) is 3.72. The summed E-state index contributed by atoms with van der Waals surface area (Å²) >= 11 is 0. The lowest BCUT2D eigenvalue weighted by Crippen LogP contribution is -2.40. The predicted octanol–water partition coefficient (Wildman–Crippen LogP) is -0.410. The van der Waals surface area contributed by atoms with E-state index in [0.717, 1.165) is 0 Å². The number of morpholine rings is 1. The molecule has 0 unspecified atom stereocenters. The van der Waals surface area contributed by atoms with E-state index in [9.17, 15) is 4.79 Å². The van der Waals surface area contributed by atoms with Gasteiger partial charge in [-0.3, -0.25) is 4.84 Å². The number of amides is 1. The smallest absolute Gasteiger partial charge is 0.380 e. The number of rotatable bonds is 2. The molecule has 2 heterocycles. The van der Waals surface area contributed by atoms with Gasteiger partial charge in [-0.1, -0.05) is 5.16 Å². The molecule has 1 saturated heterocycles. The van der Waals surface area contributed by atoms with Crippen LogP contribution in [0.5, 0.6) is 0 Å². The van der Waals surface area contributed by atoms with Crippen molar-refractivity contribution >= 4 is 11.9 Å². The van der Waals surface area contributed by atoms with Crippen LogP contribution in [0.15, 0.2) is 29.7 Å². The Bertz CT molecular complexity index is 429. The molecule has 1 aliphatic heterocycles. The minimum absolute atomic E-state index is 0.158. The van der Waals surface area contributed by atoms with Crippen LogP contribution >= 0.6 is 0 Å². The highest BCUT2D eigenvalue weighted by Gasteiger charge is 2.18. The molecule has 1 aromatic heterocycles. The number of carbonyl (C=O) groups excluding carboxylic acids is 1. The molecule has 2 rings (SSSR count). The Kier molecular flexibility index (Phi) is 4.08. The van der Waals surface area contributed by atoms with Gasteiger partial charge in [-0.25, -0.2) is 9.78 Å². The molecule has 3 N–H and O–H groups in total. The molecule has 0 radical (unpaired) electrons. The number of nitrogens with one attached hydrogen (secondary N) is 1. The fourth-order valence-electron chi connectivity index (χ4n) is 1.50. The van der Waals surface area contributed by atoms with Crippen LogP contribution in [0.2, 0.25) is 0 Å². The number of pyridine rings is 1. The number of nitrogens with zero attached hydrogens (tertiary/aromatic N) is 2. The summed E-state index contributed by atoms with van der Waals surface area (Å²) in [5, 5.41) is 3.62. The molecule has 1 aromatic rings. The molecule has 0 saturated carbocycles. The van der Waals surface area contributed by atoms with Gasteiger partial charge in [-0.05, 0) is 0 Å². The Morgan fingerprint density at radius 3 is 2.72 bits per heavy atom. The van der Waals surface area contributed by atoms with Crippen molar-refractivity contribution in [2.24, 2.45) is 10.9 Å². The van der Waals surface area contributed by atoms with E-state index < -0.39 is 6.09 Å². The van der Waals surface area contributed by atoms with Crippen molar-refractivity contribution in [3.8, 4) is 0 Å². The summed E-state index contributed by atoms with van der Waals surface area (Å²) in [7, 11) is 0. The zero-order valence-corrected chi connectivity index (χ0v) is 9.83. The molecular weight excluding hydrogens is 236 g/mol. The van der Waals surface area contributed by atoms with Crippen LogP contribution in [0.1, 0.15) is 5.56 Å². The quantitative estimate of drug-likeness (QED) is 0.335. The maximum absolute atomic E-state index is 11.6. The fourth-order valence-corrected chi connectivity index (χ4v) is 1.50. The van der Waals surface area contributed by atoms with E-state index in [0.29, 0.717) is 31.9 Å². The van der Waals surface area contributed by atoms with E-state index in [2.05, 4.69) is 10.1 Å². The van der Waals surface area contributed by atoms with Gasteiger partial charge in [0.2, 0.25) is 0 Å². The number of aromatic nitrogens is 1. The first-order valence-electron chi connectivity index (χ1n) is 5.61. The normalized spacial score (nSPS) is 16.4. The average molecular weight is 251 g/mol. The first-order chi connectivity index (χ1) is 8.77. The first-order valence-corrected chi connectivity index (χ1v) is 5.61. The lowest BCUT2D eigenvalue weighted by Gasteiger charge is -2.24. The summed E-state index contributed by atoms with van der Waals surface area (Å²) in [5.41, 5.74) is 6.37. The zero-order valence-electron chi connectivity index (χ0n) is 9.83. The number of hydrogen-bond acceptors (Lipinski definition) is 4. The van der Waals surface area contributed by atoms with Crippen LogP contribution < -0.4 is 10.7 Å². The van der Waals surface area contributed by atoms with Crippen LogP contribution in [-0.4, -0.2) is 43.1 Å². The lowest BCUT2D eigenvalue weighted by molar-refractivity contribution is -0.378. The summed E-state index contributed by atoms with van der Waals surface area (Å²) in [5.74, 6) is 0.158. The number of hydrogen-bond donors (Lipinski definition) is 1. The van der Waals surface area contributed by atoms with Crippen LogP contribution in [0.25, 0.3) is 0 Å². The molecule has 18 heavy (non-hydrogen) atoms. The van der Waals surface area contributed by atoms with Crippen LogP contribution in [-0.2, 0) is 9.57 Å². The third-order valence-electron chi connectivity index (χ3n) is 2.51. The number of aromatic amines is 1. The van der Waals surface area contributed by atoms with Crippen molar-refractivity contribution in [2.75, 3.05) is 26.3 Å².